The summed E-state index contributed by atoms with van der Waals surface area (Å²) in [5, 5.41) is 3.76. The lowest BCUT2D eigenvalue weighted by Crippen LogP contribution is -2.20. The van der Waals surface area contributed by atoms with Crippen LogP contribution in [0.2, 0.25) is 0 Å². The molecule has 0 unspecified atom stereocenters. The number of carbonyl (C=O) groups excluding carboxylic acids is 1. The van der Waals surface area contributed by atoms with E-state index in [1.807, 2.05) is 6.07 Å². The number of benzene rings is 1. The Morgan fingerprint density at radius 2 is 2.29 bits per heavy atom. The fourth-order valence-corrected chi connectivity index (χ4v) is 5.13. The molecule has 21 heavy (non-hydrogen) atoms. The molecule has 0 aliphatic heterocycles. The van der Waals surface area contributed by atoms with Crippen LogP contribution in [-0.2, 0) is 4.79 Å². The fraction of sp³-hybridized carbons (Fsp3) is 0.529. The van der Waals surface area contributed by atoms with Crippen LogP contribution in [0.1, 0.15) is 37.7 Å². The smallest absolute Gasteiger partial charge is 0.226 e. The molecule has 4 heteroatoms. The Kier molecular flexibility index (Phi) is 3.21. The molecule has 1 aromatic carbocycles. The number of para-hydroxylation sites is 1. The van der Waals surface area contributed by atoms with E-state index in [1.165, 1.54) is 25.7 Å². The second-order valence-corrected chi connectivity index (χ2v) is 7.66. The molecule has 1 amide bonds. The number of hydrogen-bond acceptors (Lipinski definition) is 3. The molecule has 3 atom stereocenters. The number of carbonyl (C=O) groups is 1. The molecule has 1 aromatic heterocycles. The molecular formula is C17H20N2OS. The van der Waals surface area contributed by atoms with Gasteiger partial charge in [0.1, 0.15) is 0 Å². The van der Waals surface area contributed by atoms with Crippen molar-refractivity contribution in [1.29, 1.82) is 0 Å². The molecule has 110 valence electrons. The highest BCUT2D eigenvalue weighted by Gasteiger charge is 2.40. The third-order valence-electron chi connectivity index (χ3n) is 5.20. The summed E-state index contributed by atoms with van der Waals surface area (Å²) < 4.78 is 1.14. The highest BCUT2D eigenvalue weighted by atomic mass is 32.1. The topological polar surface area (TPSA) is 42.0 Å². The molecule has 2 fully saturated rings. The molecule has 2 aliphatic carbocycles. The van der Waals surface area contributed by atoms with Gasteiger partial charge in [0.25, 0.3) is 0 Å². The number of thiazole rings is 1. The zero-order valence-electron chi connectivity index (χ0n) is 12.3. The Morgan fingerprint density at radius 1 is 1.38 bits per heavy atom. The maximum absolute atomic E-state index is 12.3. The van der Waals surface area contributed by atoms with Crippen LogP contribution in [0.15, 0.2) is 18.2 Å². The molecule has 0 spiro atoms. The van der Waals surface area contributed by atoms with Gasteiger partial charge in [-0.1, -0.05) is 29.9 Å². The molecule has 1 heterocycles. The van der Waals surface area contributed by atoms with Crippen molar-refractivity contribution >= 4 is 32.6 Å². The van der Waals surface area contributed by atoms with Crippen LogP contribution < -0.4 is 5.32 Å². The maximum Gasteiger partial charge on any atom is 0.226 e. The Hall–Kier alpha value is -1.42. The van der Waals surface area contributed by atoms with Crippen LogP contribution in [-0.4, -0.2) is 10.9 Å². The number of nitrogens with one attached hydrogen (secondary N) is 1. The van der Waals surface area contributed by atoms with Gasteiger partial charge in [-0.3, -0.25) is 4.79 Å². The van der Waals surface area contributed by atoms with E-state index >= 15 is 0 Å². The average molecular weight is 300 g/mol. The summed E-state index contributed by atoms with van der Waals surface area (Å²) in [6.45, 7) is 2.06. The van der Waals surface area contributed by atoms with Crippen molar-refractivity contribution in [3.63, 3.8) is 0 Å². The summed E-state index contributed by atoms with van der Waals surface area (Å²) >= 11 is 1.57. The first kappa shape index (κ1) is 13.3. The van der Waals surface area contributed by atoms with Crippen molar-refractivity contribution in [1.82, 2.24) is 4.98 Å². The Morgan fingerprint density at radius 3 is 3.00 bits per heavy atom. The quantitative estimate of drug-likeness (QED) is 0.914. The standard InChI is InChI=1S/C17H20N2OS/c1-10-3-2-4-14-16(10)19-17(21-14)18-15(20)9-13-8-11-5-6-12(13)7-11/h2-4,11-13H,5-9H2,1H3,(H,18,19,20)/t11-,12+,13-/m0/s1. The molecule has 0 saturated heterocycles. The summed E-state index contributed by atoms with van der Waals surface area (Å²) in [7, 11) is 0. The van der Waals surface area contributed by atoms with Crippen molar-refractivity contribution in [2.75, 3.05) is 5.32 Å². The van der Waals surface area contributed by atoms with Gasteiger partial charge in [-0.25, -0.2) is 4.98 Å². The molecule has 3 nitrogen and oxygen atoms in total. The van der Waals surface area contributed by atoms with Crippen molar-refractivity contribution in [3.05, 3.63) is 23.8 Å². The minimum absolute atomic E-state index is 0.143. The van der Waals surface area contributed by atoms with Crippen LogP contribution in [0.3, 0.4) is 0 Å². The highest BCUT2D eigenvalue weighted by molar-refractivity contribution is 7.22. The number of fused-ring (bicyclic) bond motifs is 3. The second kappa shape index (κ2) is 5.09. The van der Waals surface area contributed by atoms with E-state index < -0.39 is 0 Å². The number of aromatic nitrogens is 1. The van der Waals surface area contributed by atoms with E-state index in [9.17, 15) is 4.79 Å². The molecule has 2 aliphatic rings. The minimum atomic E-state index is 0.143. The lowest BCUT2D eigenvalue weighted by atomic mass is 9.86. The molecule has 4 rings (SSSR count). The van der Waals surface area contributed by atoms with Crippen molar-refractivity contribution in [2.45, 2.75) is 39.0 Å². The molecule has 2 bridgehead atoms. The third-order valence-corrected chi connectivity index (χ3v) is 6.14. The first-order valence-corrected chi connectivity index (χ1v) is 8.66. The summed E-state index contributed by atoms with van der Waals surface area (Å²) in [6.07, 6.45) is 6.02. The van der Waals surface area contributed by atoms with E-state index in [0.29, 0.717) is 12.3 Å². The Balaban J connectivity index is 1.44. The highest BCUT2D eigenvalue weighted by Crippen LogP contribution is 2.49. The number of amides is 1. The molecular weight excluding hydrogens is 280 g/mol. The lowest BCUT2D eigenvalue weighted by molar-refractivity contribution is -0.117. The van der Waals surface area contributed by atoms with E-state index in [-0.39, 0.29) is 5.91 Å². The van der Waals surface area contributed by atoms with Crippen LogP contribution in [0, 0.1) is 24.7 Å². The number of nitrogens with zero attached hydrogens (tertiary/aromatic N) is 1. The zero-order chi connectivity index (χ0) is 14.4. The average Bonchev–Trinajstić information content (AvgIpc) is 3.13. The van der Waals surface area contributed by atoms with E-state index in [4.69, 9.17) is 0 Å². The van der Waals surface area contributed by atoms with Gasteiger partial charge in [0.2, 0.25) is 5.91 Å². The van der Waals surface area contributed by atoms with Gasteiger partial charge in [0.05, 0.1) is 10.2 Å². The molecule has 2 aromatic rings. The predicted molar refractivity (Wildman–Crippen MR) is 86.5 cm³/mol. The van der Waals surface area contributed by atoms with Crippen LogP contribution in [0.4, 0.5) is 5.13 Å². The number of rotatable bonds is 3. The lowest BCUT2D eigenvalue weighted by Gasteiger charge is -2.20. The summed E-state index contributed by atoms with van der Waals surface area (Å²) in [6, 6.07) is 6.16. The Labute approximate surface area is 128 Å². The van der Waals surface area contributed by atoms with Crippen LogP contribution in [0.5, 0.6) is 0 Å². The van der Waals surface area contributed by atoms with Gasteiger partial charge in [-0.15, -0.1) is 0 Å². The second-order valence-electron chi connectivity index (χ2n) is 6.63. The summed E-state index contributed by atoms with van der Waals surface area (Å²) in [5.74, 6) is 2.46. The van der Waals surface area contributed by atoms with E-state index in [0.717, 1.165) is 32.7 Å². The number of aryl methyl sites for hydroxylation is 1. The summed E-state index contributed by atoms with van der Waals surface area (Å²) in [5.41, 5.74) is 2.18. The number of anilines is 1. The van der Waals surface area contributed by atoms with Crippen LogP contribution in [0.25, 0.3) is 10.2 Å². The van der Waals surface area contributed by atoms with E-state index in [1.54, 1.807) is 11.3 Å². The fourth-order valence-electron chi connectivity index (χ4n) is 4.17. The monoisotopic (exact) mass is 300 g/mol. The Bertz CT molecular complexity index is 693. The van der Waals surface area contributed by atoms with Crippen LogP contribution >= 0.6 is 11.3 Å². The van der Waals surface area contributed by atoms with Gasteiger partial charge in [0, 0.05) is 6.42 Å². The minimum Gasteiger partial charge on any atom is -0.302 e. The van der Waals surface area contributed by atoms with Gasteiger partial charge in [-0.2, -0.15) is 0 Å². The van der Waals surface area contributed by atoms with Gasteiger partial charge in [0.15, 0.2) is 5.13 Å². The van der Waals surface area contributed by atoms with Gasteiger partial charge < -0.3 is 5.32 Å². The van der Waals surface area contributed by atoms with Crippen molar-refractivity contribution < 1.29 is 4.79 Å². The molecule has 0 radical (unpaired) electrons. The predicted octanol–water partition coefficient (Wildman–Crippen LogP) is 4.37. The first-order chi connectivity index (χ1) is 10.2. The van der Waals surface area contributed by atoms with E-state index in [2.05, 4.69) is 29.4 Å². The summed E-state index contributed by atoms with van der Waals surface area (Å²) in [4.78, 5) is 16.8. The maximum atomic E-state index is 12.3. The molecule has 2 saturated carbocycles. The van der Waals surface area contributed by atoms with Crippen molar-refractivity contribution in [2.24, 2.45) is 17.8 Å². The largest absolute Gasteiger partial charge is 0.302 e. The first-order valence-electron chi connectivity index (χ1n) is 7.85. The van der Waals surface area contributed by atoms with Gasteiger partial charge in [-0.05, 0) is 55.6 Å². The SMILES string of the molecule is Cc1cccc2sc(NC(=O)C[C@@H]3C[C@H]4CC[C@@H]3C4)nc12. The number of hydrogen-bond donors (Lipinski definition) is 1. The zero-order valence-corrected chi connectivity index (χ0v) is 13.1. The normalized spacial score (nSPS) is 27.4. The third kappa shape index (κ3) is 2.46. The van der Waals surface area contributed by atoms with Crippen molar-refractivity contribution in [3.8, 4) is 0 Å². The molecule has 1 N–H and O–H groups in total. The van der Waals surface area contributed by atoms with Gasteiger partial charge >= 0.3 is 0 Å².